The number of imide groups is 1. The summed E-state index contributed by atoms with van der Waals surface area (Å²) in [6.07, 6.45) is -1.09. The van der Waals surface area contributed by atoms with E-state index in [-0.39, 0.29) is 22.1 Å². The molecule has 7 nitrogen and oxygen atoms in total. The number of ether oxygens (including phenoxy) is 2. The first-order valence-corrected chi connectivity index (χ1v) is 15.4. The number of fused-ring (bicyclic) bond motifs is 1. The lowest BCUT2D eigenvalue weighted by molar-refractivity contribution is 0.0318. The number of hydrogen-bond donors (Lipinski definition) is 0. The molecular formula is C39H30ClNO6. The molecule has 0 spiro atoms. The van der Waals surface area contributed by atoms with Gasteiger partial charge in [-0.3, -0.25) is 14.4 Å². The Morgan fingerprint density at radius 1 is 0.681 bits per heavy atom. The molecule has 1 heterocycles. The highest BCUT2D eigenvalue weighted by molar-refractivity contribution is 6.34. The van der Waals surface area contributed by atoms with Gasteiger partial charge < -0.3 is 9.47 Å². The minimum Gasteiger partial charge on any atom is -0.457 e. The third-order valence-corrected chi connectivity index (χ3v) is 8.52. The van der Waals surface area contributed by atoms with Gasteiger partial charge >= 0.3 is 5.97 Å². The van der Waals surface area contributed by atoms with E-state index in [1.807, 2.05) is 42.5 Å². The predicted molar refractivity (Wildman–Crippen MR) is 180 cm³/mol. The molecule has 0 saturated heterocycles. The molecule has 234 valence electrons. The largest absolute Gasteiger partial charge is 0.457 e. The molecule has 2 amide bonds. The summed E-state index contributed by atoms with van der Waals surface area (Å²) in [6, 6.07) is 35.3. The second kappa shape index (κ2) is 12.7. The Kier molecular flexibility index (Phi) is 8.50. The standard InChI is InChI=1S/C39H30ClNO6/c1-24(35(42)25-8-7-11-29(40)22-25)46-38(45)26-12-21-33-34(23-26)37(44)41(36(33)43)30-15-19-32(20-16-30)47-31-17-13-28(14-18-31)39(2,3)27-9-5-4-6-10-27/h4-24H,1-3H3. The number of carbonyl (C=O) groups is 4. The molecule has 6 rings (SSSR count). The molecule has 0 aromatic heterocycles. The molecule has 0 saturated carbocycles. The van der Waals surface area contributed by atoms with Gasteiger partial charge in [-0.05, 0) is 84.8 Å². The number of ketones is 1. The number of halogens is 1. The molecule has 0 radical (unpaired) electrons. The highest BCUT2D eigenvalue weighted by Gasteiger charge is 2.37. The molecule has 0 aliphatic carbocycles. The number of esters is 1. The Hall–Kier alpha value is -5.53. The number of benzene rings is 5. The van der Waals surface area contributed by atoms with E-state index >= 15 is 0 Å². The molecular weight excluding hydrogens is 614 g/mol. The summed E-state index contributed by atoms with van der Waals surface area (Å²) in [5, 5.41) is 0.386. The van der Waals surface area contributed by atoms with E-state index in [4.69, 9.17) is 21.1 Å². The molecule has 0 N–H and O–H groups in total. The van der Waals surface area contributed by atoms with Crippen molar-refractivity contribution in [3.8, 4) is 11.5 Å². The summed E-state index contributed by atoms with van der Waals surface area (Å²) in [6.45, 7) is 5.81. The molecule has 47 heavy (non-hydrogen) atoms. The molecule has 0 fully saturated rings. The third-order valence-electron chi connectivity index (χ3n) is 8.29. The summed E-state index contributed by atoms with van der Waals surface area (Å²) >= 11 is 5.98. The van der Waals surface area contributed by atoms with E-state index in [0.29, 0.717) is 27.8 Å². The molecule has 8 heteroatoms. The summed E-state index contributed by atoms with van der Waals surface area (Å²) < 4.78 is 11.4. The van der Waals surface area contributed by atoms with E-state index in [2.05, 4.69) is 26.0 Å². The zero-order valence-electron chi connectivity index (χ0n) is 25.9. The lowest BCUT2D eigenvalue weighted by Crippen LogP contribution is -2.29. The van der Waals surface area contributed by atoms with Crippen LogP contribution in [0.5, 0.6) is 11.5 Å². The molecule has 0 bridgehead atoms. The fourth-order valence-corrected chi connectivity index (χ4v) is 5.71. The van der Waals surface area contributed by atoms with Gasteiger partial charge in [0, 0.05) is 16.0 Å². The first-order chi connectivity index (χ1) is 22.5. The Morgan fingerprint density at radius 2 is 1.30 bits per heavy atom. The number of anilines is 1. The van der Waals surface area contributed by atoms with Crippen LogP contribution in [0.1, 0.15) is 73.3 Å². The van der Waals surface area contributed by atoms with Gasteiger partial charge in [0.2, 0.25) is 5.78 Å². The van der Waals surface area contributed by atoms with Gasteiger partial charge in [0.25, 0.3) is 11.8 Å². The van der Waals surface area contributed by atoms with Crippen molar-refractivity contribution >= 4 is 40.9 Å². The zero-order chi connectivity index (χ0) is 33.3. The zero-order valence-corrected chi connectivity index (χ0v) is 26.7. The van der Waals surface area contributed by atoms with Crippen LogP contribution in [0.15, 0.2) is 121 Å². The van der Waals surface area contributed by atoms with Crippen LogP contribution in [0.3, 0.4) is 0 Å². The van der Waals surface area contributed by atoms with Gasteiger partial charge in [-0.2, -0.15) is 0 Å². The average molecular weight is 644 g/mol. The van der Waals surface area contributed by atoms with Crippen molar-refractivity contribution in [1.82, 2.24) is 0 Å². The normalized spacial score (nSPS) is 13.2. The predicted octanol–water partition coefficient (Wildman–Crippen LogP) is 8.69. The van der Waals surface area contributed by atoms with Crippen molar-refractivity contribution in [2.24, 2.45) is 0 Å². The van der Waals surface area contributed by atoms with Gasteiger partial charge in [-0.25, -0.2) is 9.69 Å². The van der Waals surface area contributed by atoms with Gasteiger partial charge in [-0.1, -0.05) is 80.0 Å². The molecule has 1 unspecified atom stereocenters. The van der Waals surface area contributed by atoms with Crippen molar-refractivity contribution in [3.05, 3.63) is 160 Å². The van der Waals surface area contributed by atoms with Crippen molar-refractivity contribution < 1.29 is 28.7 Å². The Labute approximate surface area is 277 Å². The highest BCUT2D eigenvalue weighted by atomic mass is 35.5. The number of rotatable bonds is 9. The smallest absolute Gasteiger partial charge is 0.338 e. The average Bonchev–Trinajstić information content (AvgIpc) is 3.33. The lowest BCUT2D eigenvalue weighted by Gasteiger charge is -2.26. The first-order valence-electron chi connectivity index (χ1n) is 15.0. The van der Waals surface area contributed by atoms with Crippen molar-refractivity contribution in [1.29, 1.82) is 0 Å². The summed E-state index contributed by atoms with van der Waals surface area (Å²) in [5.74, 6) is -1.13. The van der Waals surface area contributed by atoms with Crippen LogP contribution in [0.25, 0.3) is 0 Å². The van der Waals surface area contributed by atoms with E-state index in [1.165, 1.54) is 36.8 Å². The van der Waals surface area contributed by atoms with Crippen LogP contribution >= 0.6 is 11.6 Å². The van der Waals surface area contributed by atoms with Crippen LogP contribution in [0.4, 0.5) is 5.69 Å². The van der Waals surface area contributed by atoms with Gasteiger partial charge in [-0.15, -0.1) is 0 Å². The molecule has 1 aliphatic rings. The topological polar surface area (TPSA) is 90.0 Å². The third kappa shape index (κ3) is 6.30. The number of nitrogens with zero attached hydrogens (tertiary/aromatic N) is 1. The van der Waals surface area contributed by atoms with E-state index in [0.717, 1.165) is 10.5 Å². The summed E-state index contributed by atoms with van der Waals surface area (Å²) in [4.78, 5) is 53.3. The highest BCUT2D eigenvalue weighted by Crippen LogP contribution is 2.34. The van der Waals surface area contributed by atoms with Gasteiger partial charge in [0.05, 0.1) is 22.4 Å². The van der Waals surface area contributed by atoms with Gasteiger partial charge in [0.15, 0.2) is 6.10 Å². The fourth-order valence-electron chi connectivity index (χ4n) is 5.52. The Balaban J connectivity index is 1.12. The fraction of sp³-hybridized carbons (Fsp3) is 0.128. The van der Waals surface area contributed by atoms with Crippen LogP contribution in [0, 0.1) is 0 Å². The van der Waals surface area contributed by atoms with Crippen molar-refractivity contribution in [2.75, 3.05) is 4.90 Å². The lowest BCUT2D eigenvalue weighted by atomic mass is 9.78. The van der Waals surface area contributed by atoms with Crippen molar-refractivity contribution in [2.45, 2.75) is 32.3 Å². The maximum Gasteiger partial charge on any atom is 0.338 e. The second-order valence-corrected chi connectivity index (χ2v) is 12.2. The number of carbonyl (C=O) groups excluding carboxylic acids is 4. The Bertz CT molecular complexity index is 2000. The molecule has 5 aromatic carbocycles. The van der Waals surface area contributed by atoms with E-state index in [1.54, 1.807) is 42.5 Å². The number of amides is 2. The second-order valence-electron chi connectivity index (χ2n) is 11.7. The van der Waals surface area contributed by atoms with Crippen LogP contribution < -0.4 is 9.64 Å². The minimum atomic E-state index is -1.09. The molecule has 1 atom stereocenters. The quantitative estimate of drug-likeness (QED) is 0.0907. The van der Waals surface area contributed by atoms with E-state index < -0.39 is 29.7 Å². The van der Waals surface area contributed by atoms with Gasteiger partial charge in [0.1, 0.15) is 11.5 Å². The van der Waals surface area contributed by atoms with Crippen molar-refractivity contribution in [3.63, 3.8) is 0 Å². The van der Waals surface area contributed by atoms with Crippen LogP contribution in [-0.2, 0) is 10.2 Å². The molecule has 5 aromatic rings. The minimum absolute atomic E-state index is 0.0411. The number of Topliss-reactive ketones (excluding diaryl/α,β-unsaturated/α-hetero) is 1. The maximum atomic E-state index is 13.4. The first kappa shape index (κ1) is 31.5. The monoisotopic (exact) mass is 643 g/mol. The maximum absolute atomic E-state index is 13.4. The Morgan fingerprint density at radius 3 is 1.96 bits per heavy atom. The van der Waals surface area contributed by atoms with Crippen LogP contribution in [0.2, 0.25) is 5.02 Å². The van der Waals surface area contributed by atoms with E-state index in [9.17, 15) is 19.2 Å². The number of hydrogen-bond acceptors (Lipinski definition) is 6. The summed E-state index contributed by atoms with van der Waals surface area (Å²) in [5.41, 5.74) is 3.11. The molecule has 1 aliphatic heterocycles. The SMILES string of the molecule is CC(OC(=O)c1ccc2c(c1)C(=O)N(c1ccc(Oc3ccc(C(C)(C)c4ccccc4)cc3)cc1)C2=O)C(=O)c1cccc(Cl)c1. The van der Waals surface area contributed by atoms with Crippen LogP contribution in [-0.4, -0.2) is 29.7 Å². The summed E-state index contributed by atoms with van der Waals surface area (Å²) in [7, 11) is 0.